The van der Waals surface area contributed by atoms with Crippen LogP contribution in [-0.4, -0.2) is 49.2 Å². The van der Waals surface area contributed by atoms with Gasteiger partial charge >= 0.3 is 0 Å². The Hall–Kier alpha value is -3.27. The zero-order valence-corrected chi connectivity index (χ0v) is 19.2. The van der Waals surface area contributed by atoms with E-state index in [-0.39, 0.29) is 5.82 Å². The average Bonchev–Trinajstić information content (AvgIpc) is 3.48. The molecular weight excluding hydrogens is 441 g/mol. The molecule has 10 heteroatoms. The molecule has 0 spiro atoms. The molecule has 170 valence electrons. The molecule has 2 aliphatic rings. The van der Waals surface area contributed by atoms with E-state index in [2.05, 4.69) is 24.7 Å². The lowest BCUT2D eigenvalue weighted by Gasteiger charge is -2.38. The number of ether oxygens (including phenoxy) is 1. The number of methoxy groups -OCH3 is 1. The largest absolute Gasteiger partial charge is 0.496 e. The van der Waals surface area contributed by atoms with Crippen LogP contribution in [0.4, 0.5) is 15.5 Å². The predicted molar refractivity (Wildman–Crippen MR) is 126 cm³/mol. The smallest absolute Gasteiger partial charge is 0.243 e. The Labute approximate surface area is 194 Å². The van der Waals surface area contributed by atoms with Gasteiger partial charge < -0.3 is 15.0 Å². The fraction of sp³-hybridized carbons (Fsp3) is 0.391. The fourth-order valence-corrected chi connectivity index (χ4v) is 6.07. The first kappa shape index (κ1) is 20.3. The second-order valence-corrected chi connectivity index (χ2v) is 9.43. The number of rotatable bonds is 5. The number of nitrogens with one attached hydrogen (secondary N) is 1. The van der Waals surface area contributed by atoms with Crippen molar-refractivity contribution in [3.63, 3.8) is 0 Å². The molecule has 2 bridgehead atoms. The molecule has 2 atom stereocenters. The lowest BCUT2D eigenvalue weighted by molar-refractivity contribution is 0.413. The zero-order valence-electron chi connectivity index (χ0n) is 18.4. The molecule has 5 heterocycles. The van der Waals surface area contributed by atoms with Gasteiger partial charge in [0.1, 0.15) is 17.4 Å². The molecule has 2 fully saturated rings. The van der Waals surface area contributed by atoms with E-state index in [9.17, 15) is 4.39 Å². The molecular formula is C23H24FN7OS. The van der Waals surface area contributed by atoms with Crippen molar-refractivity contribution < 1.29 is 9.13 Å². The summed E-state index contributed by atoms with van der Waals surface area (Å²) in [5, 5.41) is 9.28. The number of halogens is 1. The Morgan fingerprint density at radius 1 is 1.12 bits per heavy atom. The summed E-state index contributed by atoms with van der Waals surface area (Å²) in [6.07, 6.45) is 6.26. The van der Waals surface area contributed by atoms with Gasteiger partial charge in [-0.3, -0.25) is 0 Å². The van der Waals surface area contributed by atoms with Crippen molar-refractivity contribution >= 4 is 28.3 Å². The highest BCUT2D eigenvalue weighted by atomic mass is 32.1. The van der Waals surface area contributed by atoms with Gasteiger partial charge in [0.25, 0.3) is 0 Å². The molecule has 8 nitrogen and oxygen atoms in total. The maximum Gasteiger partial charge on any atom is 0.243 e. The second kappa shape index (κ2) is 7.95. The van der Waals surface area contributed by atoms with Gasteiger partial charge in [0, 0.05) is 53.0 Å². The number of hydrogen-bond acceptors (Lipinski definition) is 8. The quantitative estimate of drug-likeness (QED) is 0.470. The first-order valence-corrected chi connectivity index (χ1v) is 11.9. The SMILES string of the molecule is COc1cc(F)ccc1-c1cccn2nc(NC3CC4CCC(C3)N4c3nc(C)ns3)nc12. The molecule has 0 saturated carbocycles. The van der Waals surface area contributed by atoms with E-state index in [1.165, 1.54) is 36.5 Å². The van der Waals surface area contributed by atoms with E-state index in [0.29, 0.717) is 35.5 Å². The highest BCUT2D eigenvalue weighted by Gasteiger charge is 2.42. The van der Waals surface area contributed by atoms with Gasteiger partial charge in [-0.05, 0) is 56.9 Å². The summed E-state index contributed by atoms with van der Waals surface area (Å²) in [5.41, 5.74) is 2.33. The van der Waals surface area contributed by atoms with Crippen molar-refractivity contribution in [1.29, 1.82) is 0 Å². The summed E-state index contributed by atoms with van der Waals surface area (Å²) in [4.78, 5) is 11.9. The molecule has 2 unspecified atom stereocenters. The number of benzene rings is 1. The van der Waals surface area contributed by atoms with E-state index in [4.69, 9.17) is 9.72 Å². The van der Waals surface area contributed by atoms with Crippen LogP contribution in [-0.2, 0) is 0 Å². The standard InChI is InChI=1S/C23H24FN7OS/c1-13-25-23(33-29-13)31-16-6-7-17(31)12-15(11-16)26-22-27-21-19(4-3-9-30(21)28-22)18-8-5-14(24)10-20(18)32-2/h3-5,8-10,15-17H,6-7,11-12H2,1-2H3,(H,26,28). The van der Waals surface area contributed by atoms with Crippen molar-refractivity contribution in [3.05, 3.63) is 48.2 Å². The lowest BCUT2D eigenvalue weighted by Crippen LogP contribution is -2.47. The lowest BCUT2D eigenvalue weighted by atomic mass is 9.98. The van der Waals surface area contributed by atoms with Crippen LogP contribution in [0.25, 0.3) is 16.8 Å². The van der Waals surface area contributed by atoms with E-state index < -0.39 is 0 Å². The summed E-state index contributed by atoms with van der Waals surface area (Å²) in [6.45, 7) is 1.95. The highest BCUT2D eigenvalue weighted by molar-refractivity contribution is 7.09. The highest BCUT2D eigenvalue weighted by Crippen LogP contribution is 2.40. The van der Waals surface area contributed by atoms with Crippen molar-refractivity contribution in [3.8, 4) is 16.9 Å². The number of pyridine rings is 1. The van der Waals surface area contributed by atoms with Gasteiger partial charge in [0.15, 0.2) is 5.65 Å². The summed E-state index contributed by atoms with van der Waals surface area (Å²) in [6, 6.07) is 9.62. The van der Waals surface area contributed by atoms with Gasteiger partial charge in [-0.15, -0.1) is 5.10 Å². The molecule has 1 N–H and O–H groups in total. The average molecular weight is 466 g/mol. The topological polar surface area (TPSA) is 80.5 Å². The van der Waals surface area contributed by atoms with Crippen LogP contribution in [0.5, 0.6) is 5.75 Å². The maximum absolute atomic E-state index is 13.7. The van der Waals surface area contributed by atoms with E-state index in [1.807, 2.05) is 25.3 Å². The van der Waals surface area contributed by atoms with E-state index >= 15 is 0 Å². The van der Waals surface area contributed by atoms with Crippen LogP contribution in [0.3, 0.4) is 0 Å². The molecule has 2 aliphatic heterocycles. The first-order valence-electron chi connectivity index (χ1n) is 11.1. The fourth-order valence-electron chi connectivity index (χ4n) is 5.25. The summed E-state index contributed by atoms with van der Waals surface area (Å²) in [5.74, 6) is 1.58. The predicted octanol–water partition coefficient (Wildman–Crippen LogP) is 4.32. The third-order valence-corrected chi connectivity index (χ3v) is 7.44. The van der Waals surface area contributed by atoms with Crippen molar-refractivity contribution in [2.75, 3.05) is 17.3 Å². The Bertz CT molecular complexity index is 1310. The van der Waals surface area contributed by atoms with Crippen LogP contribution < -0.4 is 15.0 Å². The van der Waals surface area contributed by atoms with Crippen molar-refractivity contribution in [2.24, 2.45) is 0 Å². The molecule has 0 aliphatic carbocycles. The molecule has 2 saturated heterocycles. The molecule has 0 radical (unpaired) electrons. The molecule has 4 aromatic rings. The minimum Gasteiger partial charge on any atom is -0.496 e. The van der Waals surface area contributed by atoms with Gasteiger partial charge in [-0.2, -0.15) is 9.36 Å². The number of hydrogen-bond donors (Lipinski definition) is 1. The van der Waals surface area contributed by atoms with Crippen molar-refractivity contribution in [1.82, 2.24) is 24.0 Å². The first-order chi connectivity index (χ1) is 16.1. The van der Waals surface area contributed by atoms with Crippen LogP contribution >= 0.6 is 11.5 Å². The molecule has 33 heavy (non-hydrogen) atoms. The molecule has 3 aromatic heterocycles. The van der Waals surface area contributed by atoms with Gasteiger partial charge in [0.05, 0.1) is 7.11 Å². The monoisotopic (exact) mass is 465 g/mol. The van der Waals surface area contributed by atoms with Gasteiger partial charge in [0.2, 0.25) is 11.1 Å². The van der Waals surface area contributed by atoms with Gasteiger partial charge in [-0.1, -0.05) is 0 Å². The minimum absolute atomic E-state index is 0.300. The second-order valence-electron chi connectivity index (χ2n) is 8.70. The number of fused-ring (bicyclic) bond motifs is 3. The third kappa shape index (κ3) is 3.58. The Morgan fingerprint density at radius 3 is 2.67 bits per heavy atom. The number of nitrogens with zero attached hydrogens (tertiary/aromatic N) is 6. The Morgan fingerprint density at radius 2 is 1.94 bits per heavy atom. The van der Waals surface area contributed by atoms with Crippen LogP contribution in [0, 0.1) is 12.7 Å². The Balaban J connectivity index is 1.26. The molecule has 6 rings (SSSR count). The van der Waals surface area contributed by atoms with Crippen LogP contribution in [0.1, 0.15) is 31.5 Å². The Kier molecular flexibility index (Phi) is 4.90. The molecule has 0 amide bonds. The normalized spacial score (nSPS) is 22.2. The van der Waals surface area contributed by atoms with Gasteiger partial charge in [-0.25, -0.2) is 13.9 Å². The third-order valence-electron chi connectivity index (χ3n) is 6.62. The van der Waals surface area contributed by atoms with E-state index in [0.717, 1.165) is 34.9 Å². The summed E-state index contributed by atoms with van der Waals surface area (Å²) in [7, 11) is 1.54. The number of aryl methyl sites for hydroxylation is 1. The maximum atomic E-state index is 13.7. The number of anilines is 2. The van der Waals surface area contributed by atoms with Crippen LogP contribution in [0.2, 0.25) is 0 Å². The molecule has 1 aromatic carbocycles. The number of aromatic nitrogens is 5. The summed E-state index contributed by atoms with van der Waals surface area (Å²) < 4.78 is 25.2. The number of piperidine rings is 1. The van der Waals surface area contributed by atoms with Crippen molar-refractivity contribution in [2.45, 2.75) is 50.7 Å². The van der Waals surface area contributed by atoms with E-state index in [1.54, 1.807) is 17.7 Å². The van der Waals surface area contributed by atoms with Crippen LogP contribution in [0.15, 0.2) is 36.5 Å². The summed E-state index contributed by atoms with van der Waals surface area (Å²) >= 11 is 1.50. The minimum atomic E-state index is -0.337. The zero-order chi connectivity index (χ0) is 22.5.